The predicted octanol–water partition coefficient (Wildman–Crippen LogP) is 3.25. The molecular formula is C16H18N4. The number of aryl methyl sites for hydroxylation is 1. The minimum atomic E-state index is 0.433. The number of aromatic nitrogens is 3. The number of anilines is 1. The van der Waals surface area contributed by atoms with Crippen LogP contribution < -0.4 is 5.32 Å². The number of hydrogen-bond acceptors (Lipinski definition) is 3. The standard InChI is InChI=1S/C16H18N4/c1-12(14-6-4-3-5-7-14)11-18-16-15-10-13(2)19-20(15)9-8-17-16/h3-10,12H,11H2,1-2H3,(H,17,18). The van der Waals surface area contributed by atoms with E-state index in [9.17, 15) is 0 Å². The summed E-state index contributed by atoms with van der Waals surface area (Å²) in [5.41, 5.74) is 3.35. The van der Waals surface area contributed by atoms with E-state index < -0.39 is 0 Å². The molecule has 0 aliphatic rings. The molecule has 102 valence electrons. The smallest absolute Gasteiger partial charge is 0.152 e. The van der Waals surface area contributed by atoms with Gasteiger partial charge in [-0.15, -0.1) is 0 Å². The summed E-state index contributed by atoms with van der Waals surface area (Å²) in [7, 11) is 0. The molecular weight excluding hydrogens is 248 g/mol. The topological polar surface area (TPSA) is 42.2 Å². The molecule has 3 aromatic rings. The van der Waals surface area contributed by atoms with E-state index in [1.807, 2.05) is 29.8 Å². The van der Waals surface area contributed by atoms with Crippen LogP contribution in [-0.4, -0.2) is 21.1 Å². The first-order chi connectivity index (χ1) is 9.74. The maximum absolute atomic E-state index is 4.41. The van der Waals surface area contributed by atoms with Gasteiger partial charge < -0.3 is 5.32 Å². The summed E-state index contributed by atoms with van der Waals surface area (Å²) in [5, 5.41) is 7.82. The zero-order chi connectivity index (χ0) is 13.9. The molecule has 0 radical (unpaired) electrons. The van der Waals surface area contributed by atoms with E-state index in [4.69, 9.17) is 0 Å². The van der Waals surface area contributed by atoms with Crippen molar-refractivity contribution in [2.24, 2.45) is 0 Å². The van der Waals surface area contributed by atoms with E-state index in [0.29, 0.717) is 5.92 Å². The summed E-state index contributed by atoms with van der Waals surface area (Å²) < 4.78 is 1.86. The molecule has 0 aliphatic heterocycles. The summed E-state index contributed by atoms with van der Waals surface area (Å²) in [5.74, 6) is 1.32. The Kier molecular flexibility index (Phi) is 3.37. The maximum Gasteiger partial charge on any atom is 0.152 e. The Labute approximate surface area is 118 Å². The molecule has 0 fully saturated rings. The van der Waals surface area contributed by atoms with Crippen LogP contribution in [-0.2, 0) is 0 Å². The first kappa shape index (κ1) is 12.7. The van der Waals surface area contributed by atoms with E-state index in [1.54, 1.807) is 6.20 Å². The molecule has 3 rings (SSSR count). The average Bonchev–Trinajstić information content (AvgIpc) is 2.86. The van der Waals surface area contributed by atoms with Crippen molar-refractivity contribution in [3.05, 3.63) is 60.0 Å². The van der Waals surface area contributed by atoms with Crippen LogP contribution in [0.25, 0.3) is 5.52 Å². The van der Waals surface area contributed by atoms with Gasteiger partial charge in [0.1, 0.15) is 5.52 Å². The summed E-state index contributed by atoms with van der Waals surface area (Å²) >= 11 is 0. The van der Waals surface area contributed by atoms with Crippen LogP contribution in [0, 0.1) is 6.92 Å². The fraction of sp³-hybridized carbons (Fsp3) is 0.250. The van der Waals surface area contributed by atoms with Gasteiger partial charge in [0.05, 0.1) is 5.69 Å². The van der Waals surface area contributed by atoms with Gasteiger partial charge in [-0.3, -0.25) is 0 Å². The van der Waals surface area contributed by atoms with Crippen LogP contribution in [0.4, 0.5) is 5.82 Å². The van der Waals surface area contributed by atoms with E-state index in [2.05, 4.69) is 46.6 Å². The predicted molar refractivity (Wildman–Crippen MR) is 81.1 cm³/mol. The lowest BCUT2D eigenvalue weighted by Gasteiger charge is -2.13. The quantitative estimate of drug-likeness (QED) is 0.788. The average molecular weight is 266 g/mol. The van der Waals surface area contributed by atoms with Crippen LogP contribution in [0.3, 0.4) is 0 Å². The van der Waals surface area contributed by atoms with Crippen molar-refractivity contribution in [1.29, 1.82) is 0 Å². The highest BCUT2D eigenvalue weighted by atomic mass is 15.2. The molecule has 1 N–H and O–H groups in total. The summed E-state index contributed by atoms with van der Waals surface area (Å²) in [4.78, 5) is 4.41. The molecule has 20 heavy (non-hydrogen) atoms. The van der Waals surface area contributed by atoms with E-state index in [1.165, 1.54) is 5.56 Å². The van der Waals surface area contributed by atoms with Crippen LogP contribution >= 0.6 is 0 Å². The Balaban J connectivity index is 1.77. The molecule has 0 spiro atoms. The Bertz CT molecular complexity index is 703. The number of nitrogens with one attached hydrogen (secondary N) is 1. The SMILES string of the molecule is Cc1cc2c(NCC(C)c3ccccc3)nccn2n1. The monoisotopic (exact) mass is 266 g/mol. The van der Waals surface area contributed by atoms with Gasteiger partial charge in [-0.1, -0.05) is 37.3 Å². The molecule has 0 bridgehead atoms. The normalized spacial score (nSPS) is 12.5. The van der Waals surface area contributed by atoms with Crippen molar-refractivity contribution in [2.45, 2.75) is 19.8 Å². The van der Waals surface area contributed by atoms with Gasteiger partial charge in [-0.2, -0.15) is 5.10 Å². The molecule has 1 unspecified atom stereocenters. The number of benzene rings is 1. The Morgan fingerprint density at radius 1 is 1.25 bits per heavy atom. The third-order valence-electron chi connectivity index (χ3n) is 3.46. The zero-order valence-corrected chi connectivity index (χ0v) is 11.7. The zero-order valence-electron chi connectivity index (χ0n) is 11.7. The maximum atomic E-state index is 4.41. The largest absolute Gasteiger partial charge is 0.368 e. The molecule has 1 aromatic carbocycles. The molecule has 4 nitrogen and oxygen atoms in total. The van der Waals surface area contributed by atoms with Crippen molar-refractivity contribution in [3.8, 4) is 0 Å². The summed E-state index contributed by atoms with van der Waals surface area (Å²) in [6.07, 6.45) is 3.64. The molecule has 0 amide bonds. The fourth-order valence-corrected chi connectivity index (χ4v) is 2.33. The second kappa shape index (κ2) is 5.33. The molecule has 4 heteroatoms. The molecule has 0 aliphatic carbocycles. The Morgan fingerprint density at radius 2 is 2.05 bits per heavy atom. The second-order valence-electron chi connectivity index (χ2n) is 5.08. The molecule has 0 saturated heterocycles. The third-order valence-corrected chi connectivity index (χ3v) is 3.46. The second-order valence-corrected chi connectivity index (χ2v) is 5.08. The minimum Gasteiger partial charge on any atom is -0.368 e. The van der Waals surface area contributed by atoms with Gasteiger partial charge in [0.2, 0.25) is 0 Å². The number of rotatable bonds is 4. The van der Waals surface area contributed by atoms with E-state index in [0.717, 1.165) is 23.6 Å². The summed E-state index contributed by atoms with van der Waals surface area (Å²) in [6, 6.07) is 12.5. The molecule has 2 heterocycles. The lowest BCUT2D eigenvalue weighted by atomic mass is 10.0. The Morgan fingerprint density at radius 3 is 2.85 bits per heavy atom. The van der Waals surface area contributed by atoms with Crippen molar-refractivity contribution >= 4 is 11.3 Å². The van der Waals surface area contributed by atoms with Crippen LogP contribution in [0.15, 0.2) is 48.8 Å². The number of fused-ring (bicyclic) bond motifs is 1. The van der Waals surface area contributed by atoms with E-state index in [-0.39, 0.29) is 0 Å². The highest BCUT2D eigenvalue weighted by Gasteiger charge is 2.08. The lowest BCUT2D eigenvalue weighted by molar-refractivity contribution is 0.800. The van der Waals surface area contributed by atoms with Gasteiger partial charge >= 0.3 is 0 Å². The minimum absolute atomic E-state index is 0.433. The van der Waals surface area contributed by atoms with Crippen molar-refractivity contribution < 1.29 is 0 Å². The number of hydrogen-bond donors (Lipinski definition) is 1. The summed E-state index contributed by atoms with van der Waals surface area (Å²) in [6.45, 7) is 5.05. The molecule has 2 aromatic heterocycles. The highest BCUT2D eigenvalue weighted by molar-refractivity contribution is 5.67. The Hall–Kier alpha value is -2.36. The van der Waals surface area contributed by atoms with Crippen molar-refractivity contribution in [2.75, 3.05) is 11.9 Å². The van der Waals surface area contributed by atoms with Gasteiger partial charge in [-0.25, -0.2) is 9.50 Å². The molecule has 0 saturated carbocycles. The first-order valence-corrected chi connectivity index (χ1v) is 6.84. The molecule has 1 atom stereocenters. The van der Waals surface area contributed by atoms with Crippen LogP contribution in [0.2, 0.25) is 0 Å². The van der Waals surface area contributed by atoms with E-state index >= 15 is 0 Å². The number of nitrogens with zero attached hydrogens (tertiary/aromatic N) is 3. The highest BCUT2D eigenvalue weighted by Crippen LogP contribution is 2.18. The van der Waals surface area contributed by atoms with Gasteiger partial charge in [0, 0.05) is 18.9 Å². The fourth-order valence-electron chi connectivity index (χ4n) is 2.33. The third kappa shape index (κ3) is 2.50. The van der Waals surface area contributed by atoms with Crippen molar-refractivity contribution in [3.63, 3.8) is 0 Å². The first-order valence-electron chi connectivity index (χ1n) is 6.84. The van der Waals surface area contributed by atoms with Gasteiger partial charge in [-0.05, 0) is 24.5 Å². The van der Waals surface area contributed by atoms with Crippen LogP contribution in [0.5, 0.6) is 0 Å². The van der Waals surface area contributed by atoms with Gasteiger partial charge in [0.25, 0.3) is 0 Å². The van der Waals surface area contributed by atoms with Gasteiger partial charge in [0.15, 0.2) is 5.82 Å². The lowest BCUT2D eigenvalue weighted by Crippen LogP contribution is -2.11. The van der Waals surface area contributed by atoms with Crippen LogP contribution in [0.1, 0.15) is 24.1 Å². The van der Waals surface area contributed by atoms with Crippen molar-refractivity contribution in [1.82, 2.24) is 14.6 Å².